The third-order valence-electron chi connectivity index (χ3n) is 2.72. The van der Waals surface area contributed by atoms with E-state index in [1.165, 1.54) is 19.2 Å². The maximum Gasteiger partial charge on any atom is 0.328 e. The Bertz CT molecular complexity index is 553. The summed E-state index contributed by atoms with van der Waals surface area (Å²) in [6, 6.07) is 6.08. The topological polar surface area (TPSA) is 78.9 Å². The van der Waals surface area contributed by atoms with E-state index in [1.807, 2.05) is 0 Å². The molecule has 0 aliphatic heterocycles. The van der Waals surface area contributed by atoms with Crippen molar-refractivity contribution in [1.29, 1.82) is 0 Å². The molecule has 0 spiro atoms. The third-order valence-corrected chi connectivity index (χ3v) is 2.72. The molecule has 22 heavy (non-hydrogen) atoms. The zero-order valence-corrected chi connectivity index (χ0v) is 13.3. The highest BCUT2D eigenvalue weighted by Crippen LogP contribution is 2.19. The van der Waals surface area contributed by atoms with Crippen LogP contribution in [-0.4, -0.2) is 37.5 Å². The summed E-state index contributed by atoms with van der Waals surface area (Å²) < 4.78 is 14.7. The van der Waals surface area contributed by atoms with Crippen molar-refractivity contribution < 1.29 is 28.6 Å². The molecule has 0 aliphatic rings. The monoisotopic (exact) mass is 308 g/mol. The molecule has 0 fully saturated rings. The summed E-state index contributed by atoms with van der Waals surface area (Å²) in [6.45, 7) is 4.95. The molecule has 1 rings (SSSR count). The number of benzene rings is 1. The first-order valence-electron chi connectivity index (χ1n) is 6.68. The molecule has 1 unspecified atom stereocenters. The number of ketones is 1. The van der Waals surface area contributed by atoms with Gasteiger partial charge in [0.05, 0.1) is 14.2 Å². The van der Waals surface area contributed by atoms with Gasteiger partial charge in [0.1, 0.15) is 11.4 Å². The van der Waals surface area contributed by atoms with Crippen LogP contribution >= 0.6 is 0 Å². The maximum absolute atomic E-state index is 12.4. The predicted molar refractivity (Wildman–Crippen MR) is 78.7 cm³/mol. The molecule has 0 heterocycles. The van der Waals surface area contributed by atoms with E-state index in [2.05, 4.69) is 4.74 Å². The quantitative estimate of drug-likeness (QED) is 0.470. The number of ether oxygens (including phenoxy) is 3. The number of hydrogen-bond acceptors (Lipinski definition) is 6. The number of rotatable bonds is 5. The molecule has 0 N–H and O–H groups in total. The van der Waals surface area contributed by atoms with Crippen molar-refractivity contribution >= 4 is 17.7 Å². The fourth-order valence-corrected chi connectivity index (χ4v) is 1.71. The Morgan fingerprint density at radius 3 is 1.91 bits per heavy atom. The fraction of sp³-hybridized carbons (Fsp3) is 0.438. The van der Waals surface area contributed by atoms with Crippen molar-refractivity contribution in [3.05, 3.63) is 29.8 Å². The Hall–Kier alpha value is -2.37. The molecule has 0 radical (unpaired) electrons. The van der Waals surface area contributed by atoms with E-state index >= 15 is 0 Å². The molecule has 0 aliphatic carbocycles. The van der Waals surface area contributed by atoms with Crippen LogP contribution in [0.15, 0.2) is 24.3 Å². The molecule has 1 aromatic rings. The lowest BCUT2D eigenvalue weighted by molar-refractivity contribution is -0.165. The first-order chi connectivity index (χ1) is 10.2. The van der Waals surface area contributed by atoms with Gasteiger partial charge in [-0.2, -0.15) is 0 Å². The zero-order chi connectivity index (χ0) is 16.9. The summed E-state index contributed by atoms with van der Waals surface area (Å²) in [5.74, 6) is -3.64. The Morgan fingerprint density at radius 2 is 1.50 bits per heavy atom. The molecule has 6 heteroatoms. The van der Waals surface area contributed by atoms with E-state index in [1.54, 1.807) is 32.9 Å². The molecule has 0 amide bonds. The van der Waals surface area contributed by atoms with E-state index in [0.717, 1.165) is 7.11 Å². The van der Waals surface area contributed by atoms with Gasteiger partial charge >= 0.3 is 11.9 Å². The van der Waals surface area contributed by atoms with E-state index in [4.69, 9.17) is 9.47 Å². The Morgan fingerprint density at radius 1 is 0.955 bits per heavy atom. The fourth-order valence-electron chi connectivity index (χ4n) is 1.71. The summed E-state index contributed by atoms with van der Waals surface area (Å²) in [5, 5.41) is 0. The van der Waals surface area contributed by atoms with Crippen molar-refractivity contribution in [2.75, 3.05) is 14.2 Å². The average molecular weight is 308 g/mol. The highest BCUT2D eigenvalue weighted by molar-refractivity contribution is 6.20. The van der Waals surface area contributed by atoms with Crippen molar-refractivity contribution in [1.82, 2.24) is 0 Å². The molecule has 1 atom stereocenters. The highest BCUT2D eigenvalue weighted by atomic mass is 16.6. The van der Waals surface area contributed by atoms with Crippen molar-refractivity contribution in [3.63, 3.8) is 0 Å². The minimum Gasteiger partial charge on any atom is -0.497 e. The number of carbonyl (C=O) groups excluding carboxylic acids is 3. The third kappa shape index (κ3) is 4.58. The lowest BCUT2D eigenvalue weighted by Gasteiger charge is -2.22. The van der Waals surface area contributed by atoms with Crippen LogP contribution in [0.5, 0.6) is 5.75 Å². The highest BCUT2D eigenvalue weighted by Gasteiger charge is 2.39. The predicted octanol–water partition coefficient (Wildman–Crippen LogP) is 2.01. The molecular formula is C16H20O6. The van der Waals surface area contributed by atoms with Gasteiger partial charge in [-0.3, -0.25) is 14.4 Å². The van der Waals surface area contributed by atoms with Crippen LogP contribution in [-0.2, 0) is 19.1 Å². The first kappa shape index (κ1) is 17.7. The van der Waals surface area contributed by atoms with Crippen LogP contribution in [0.3, 0.4) is 0 Å². The van der Waals surface area contributed by atoms with E-state index < -0.39 is 29.2 Å². The van der Waals surface area contributed by atoms with Gasteiger partial charge in [0.2, 0.25) is 5.92 Å². The second-order valence-electron chi connectivity index (χ2n) is 5.58. The van der Waals surface area contributed by atoms with Crippen LogP contribution in [0.2, 0.25) is 0 Å². The van der Waals surface area contributed by atoms with E-state index in [-0.39, 0.29) is 5.56 Å². The molecule has 6 nitrogen and oxygen atoms in total. The van der Waals surface area contributed by atoms with Crippen LogP contribution in [0, 0.1) is 5.92 Å². The van der Waals surface area contributed by atoms with Crippen LogP contribution < -0.4 is 4.74 Å². The second kappa shape index (κ2) is 7.06. The lowest BCUT2D eigenvalue weighted by Crippen LogP contribution is -2.38. The standard InChI is InChI=1S/C16H20O6/c1-16(2,3)22-15(19)12(14(18)21-5)13(17)10-6-8-11(20-4)9-7-10/h6-9,12H,1-5H3. The minimum absolute atomic E-state index is 0.196. The summed E-state index contributed by atoms with van der Waals surface area (Å²) in [6.07, 6.45) is 0. The molecule has 0 bridgehead atoms. The largest absolute Gasteiger partial charge is 0.497 e. The summed E-state index contributed by atoms with van der Waals surface area (Å²) in [5.41, 5.74) is -0.620. The Kier molecular flexibility index (Phi) is 5.68. The Balaban J connectivity index is 3.07. The van der Waals surface area contributed by atoms with Crippen LogP contribution in [0.25, 0.3) is 0 Å². The summed E-state index contributed by atoms with van der Waals surface area (Å²) in [4.78, 5) is 36.4. The van der Waals surface area contributed by atoms with Crippen molar-refractivity contribution in [3.8, 4) is 5.75 Å². The smallest absolute Gasteiger partial charge is 0.328 e. The molecule has 0 aromatic heterocycles. The van der Waals surface area contributed by atoms with Gasteiger partial charge in [-0.15, -0.1) is 0 Å². The number of Topliss-reactive ketones (excluding diaryl/α,β-unsaturated/α-hetero) is 1. The van der Waals surface area contributed by atoms with Gasteiger partial charge in [0, 0.05) is 5.56 Å². The number of carbonyl (C=O) groups is 3. The lowest BCUT2D eigenvalue weighted by atomic mass is 9.97. The second-order valence-corrected chi connectivity index (χ2v) is 5.58. The van der Waals surface area contributed by atoms with Crippen molar-refractivity contribution in [2.24, 2.45) is 5.92 Å². The first-order valence-corrected chi connectivity index (χ1v) is 6.68. The summed E-state index contributed by atoms with van der Waals surface area (Å²) in [7, 11) is 2.61. The van der Waals surface area contributed by atoms with Gasteiger partial charge in [-0.05, 0) is 45.0 Å². The van der Waals surface area contributed by atoms with Crippen LogP contribution in [0.4, 0.5) is 0 Å². The molecule has 120 valence electrons. The van der Waals surface area contributed by atoms with Gasteiger partial charge in [-0.25, -0.2) is 0 Å². The van der Waals surface area contributed by atoms with Crippen molar-refractivity contribution in [2.45, 2.75) is 26.4 Å². The van der Waals surface area contributed by atoms with E-state index in [9.17, 15) is 14.4 Å². The normalized spacial score (nSPS) is 12.2. The summed E-state index contributed by atoms with van der Waals surface area (Å²) >= 11 is 0. The van der Waals surface area contributed by atoms with E-state index in [0.29, 0.717) is 5.75 Å². The van der Waals surface area contributed by atoms with Gasteiger partial charge < -0.3 is 14.2 Å². The molecule has 0 saturated carbocycles. The van der Waals surface area contributed by atoms with Gasteiger partial charge in [0.25, 0.3) is 0 Å². The zero-order valence-electron chi connectivity index (χ0n) is 13.3. The number of methoxy groups -OCH3 is 2. The minimum atomic E-state index is -1.64. The maximum atomic E-state index is 12.4. The molecule has 1 aromatic carbocycles. The van der Waals surface area contributed by atoms with Gasteiger partial charge in [0.15, 0.2) is 5.78 Å². The Labute approximate surface area is 129 Å². The molecular weight excluding hydrogens is 288 g/mol. The van der Waals surface area contributed by atoms with Crippen LogP contribution in [0.1, 0.15) is 31.1 Å². The SMILES string of the molecule is COC(=O)C(C(=O)OC(C)(C)C)C(=O)c1ccc(OC)cc1. The number of hydrogen-bond donors (Lipinski definition) is 0. The van der Waals surface area contributed by atoms with Gasteiger partial charge in [-0.1, -0.05) is 0 Å². The molecule has 0 saturated heterocycles. The number of esters is 2. The average Bonchev–Trinajstić information content (AvgIpc) is 2.45.